The van der Waals surface area contributed by atoms with Crippen LogP contribution in [0.3, 0.4) is 0 Å². The van der Waals surface area contributed by atoms with Crippen LogP contribution < -0.4 is 4.43 Å². The molecule has 0 saturated heterocycles. The van der Waals surface area contributed by atoms with E-state index in [4.69, 9.17) is 8.85 Å². The summed E-state index contributed by atoms with van der Waals surface area (Å²) in [7, 11) is -3.64. The second kappa shape index (κ2) is 9.12. The Morgan fingerprint density at radius 3 is 2.17 bits per heavy atom. The van der Waals surface area contributed by atoms with Gasteiger partial charge in [-0.05, 0) is 121 Å². The van der Waals surface area contributed by atoms with Crippen molar-refractivity contribution < 1.29 is 8.85 Å². The number of rotatable bonds is 5. The van der Waals surface area contributed by atoms with Crippen molar-refractivity contribution in [2.24, 2.45) is 23.2 Å². The van der Waals surface area contributed by atoms with Crippen molar-refractivity contribution in [2.75, 3.05) is 0 Å². The third-order valence-electron chi connectivity index (χ3n) is 11.4. The van der Waals surface area contributed by atoms with Gasteiger partial charge >= 0.3 is 0 Å². The number of aryl methyl sites for hydroxylation is 1. The summed E-state index contributed by atoms with van der Waals surface area (Å²) >= 11 is 0. The van der Waals surface area contributed by atoms with Gasteiger partial charge in [-0.15, -0.1) is 6.58 Å². The predicted octanol–water partition coefficient (Wildman–Crippen LogP) is 9.73. The summed E-state index contributed by atoms with van der Waals surface area (Å²) in [6, 6.07) is 7.08. The van der Waals surface area contributed by atoms with Crippen molar-refractivity contribution in [3.63, 3.8) is 0 Å². The molecular formula is C32H54O2Si2. The Kier molecular flexibility index (Phi) is 7.14. The largest absolute Gasteiger partial charge is 0.543 e. The average molecular weight is 527 g/mol. The molecule has 0 aromatic heterocycles. The summed E-state index contributed by atoms with van der Waals surface area (Å²) in [6.07, 6.45) is 8.91. The smallest absolute Gasteiger partial charge is 0.250 e. The Bertz CT molecular complexity index is 983. The molecule has 1 aromatic rings. The molecule has 0 spiro atoms. The van der Waals surface area contributed by atoms with Crippen LogP contribution in [0.1, 0.15) is 91.2 Å². The molecule has 202 valence electrons. The third-order valence-corrected chi connectivity index (χ3v) is 20.2. The number of fused-ring (bicyclic) bond motifs is 5. The highest BCUT2D eigenvalue weighted by molar-refractivity contribution is 6.75. The zero-order valence-electron chi connectivity index (χ0n) is 25.3. The van der Waals surface area contributed by atoms with E-state index < -0.39 is 16.6 Å². The monoisotopic (exact) mass is 526 g/mol. The lowest BCUT2D eigenvalue weighted by molar-refractivity contribution is -0.0328. The summed E-state index contributed by atoms with van der Waals surface area (Å²) in [4.78, 5) is 0. The van der Waals surface area contributed by atoms with Crippen LogP contribution in [-0.2, 0) is 10.8 Å². The lowest BCUT2D eigenvalue weighted by Gasteiger charge is -2.55. The maximum atomic E-state index is 7.16. The fourth-order valence-electron chi connectivity index (χ4n) is 7.17. The van der Waals surface area contributed by atoms with Crippen molar-refractivity contribution in [3.05, 3.63) is 42.0 Å². The van der Waals surface area contributed by atoms with Crippen LogP contribution >= 0.6 is 0 Å². The fourth-order valence-corrected chi connectivity index (χ4v) is 9.65. The van der Waals surface area contributed by atoms with Gasteiger partial charge in [-0.25, -0.2) is 0 Å². The van der Waals surface area contributed by atoms with Crippen molar-refractivity contribution in [2.45, 2.75) is 129 Å². The topological polar surface area (TPSA) is 18.5 Å². The molecule has 0 N–H and O–H groups in total. The Morgan fingerprint density at radius 2 is 1.58 bits per heavy atom. The molecule has 3 aliphatic carbocycles. The van der Waals surface area contributed by atoms with E-state index in [1.807, 2.05) is 0 Å². The summed E-state index contributed by atoms with van der Waals surface area (Å²) in [5.74, 6) is 3.69. The van der Waals surface area contributed by atoms with Gasteiger partial charge in [0.2, 0.25) is 8.32 Å². The molecule has 6 atom stereocenters. The zero-order chi connectivity index (χ0) is 26.9. The predicted molar refractivity (Wildman–Crippen MR) is 160 cm³/mol. The van der Waals surface area contributed by atoms with E-state index in [1.54, 1.807) is 5.56 Å². The number of benzene rings is 1. The van der Waals surface area contributed by atoms with E-state index in [0.29, 0.717) is 17.9 Å². The minimum absolute atomic E-state index is 0.210. The highest BCUT2D eigenvalue weighted by Gasteiger charge is 2.59. The van der Waals surface area contributed by atoms with Crippen LogP contribution in [0.5, 0.6) is 5.75 Å². The average Bonchev–Trinajstić information content (AvgIpc) is 3.06. The molecule has 0 aliphatic heterocycles. The van der Waals surface area contributed by atoms with E-state index in [2.05, 4.69) is 106 Å². The molecule has 2 nitrogen and oxygen atoms in total. The SMILES string of the molecule is C=C[C@H]1C[C@]2(C)[C@@H](O[Si](C)(C)C(C)(C)C)CC[C@H]2[C@@H]2CCc3cc(O[Si](C)(C)C(C)(C)C)ccc3[C@H]21. The van der Waals surface area contributed by atoms with Crippen molar-refractivity contribution in [3.8, 4) is 5.75 Å². The first-order valence-corrected chi connectivity index (χ1v) is 20.4. The maximum Gasteiger partial charge on any atom is 0.250 e. The normalized spacial score (nSPS) is 32.9. The van der Waals surface area contributed by atoms with Crippen molar-refractivity contribution >= 4 is 16.6 Å². The molecule has 4 heteroatoms. The summed E-state index contributed by atoms with van der Waals surface area (Å²) in [5.41, 5.74) is 3.36. The van der Waals surface area contributed by atoms with Gasteiger partial charge in [0.1, 0.15) is 5.75 Å². The molecule has 2 fully saturated rings. The van der Waals surface area contributed by atoms with Gasteiger partial charge in [0, 0.05) is 0 Å². The molecule has 0 heterocycles. The second-order valence-corrected chi connectivity index (χ2v) is 25.1. The fraction of sp³-hybridized carbons (Fsp3) is 0.750. The van der Waals surface area contributed by atoms with Gasteiger partial charge < -0.3 is 8.85 Å². The van der Waals surface area contributed by atoms with Crippen LogP contribution in [0, 0.1) is 23.2 Å². The van der Waals surface area contributed by atoms with E-state index in [-0.39, 0.29) is 15.5 Å². The van der Waals surface area contributed by atoms with E-state index in [0.717, 1.165) is 17.6 Å². The molecule has 4 rings (SSSR count). The highest BCUT2D eigenvalue weighted by Crippen LogP contribution is 2.64. The quantitative estimate of drug-likeness (QED) is 0.281. The summed E-state index contributed by atoms with van der Waals surface area (Å²) in [5, 5.41) is 0.464. The van der Waals surface area contributed by atoms with Gasteiger partial charge in [-0.1, -0.05) is 60.6 Å². The maximum absolute atomic E-state index is 7.16. The summed E-state index contributed by atoms with van der Waals surface area (Å²) < 4.78 is 13.9. The van der Waals surface area contributed by atoms with Crippen molar-refractivity contribution in [1.82, 2.24) is 0 Å². The molecule has 2 saturated carbocycles. The van der Waals surface area contributed by atoms with Gasteiger partial charge in [0.15, 0.2) is 8.32 Å². The molecule has 0 amide bonds. The first-order chi connectivity index (χ1) is 16.4. The first kappa shape index (κ1) is 28.2. The number of allylic oxidation sites excluding steroid dienone is 1. The van der Waals surface area contributed by atoms with E-state index in [1.165, 1.54) is 37.7 Å². The molecule has 0 bridgehead atoms. The van der Waals surface area contributed by atoms with Gasteiger partial charge in [0.05, 0.1) is 6.10 Å². The van der Waals surface area contributed by atoms with Crippen LogP contribution in [0.4, 0.5) is 0 Å². The molecule has 1 aromatic carbocycles. The minimum Gasteiger partial charge on any atom is -0.543 e. The van der Waals surface area contributed by atoms with Crippen molar-refractivity contribution in [1.29, 1.82) is 0 Å². The van der Waals surface area contributed by atoms with E-state index >= 15 is 0 Å². The lowest BCUT2D eigenvalue weighted by Crippen LogP contribution is -2.52. The second-order valence-electron chi connectivity index (χ2n) is 15.6. The number of hydrogen-bond donors (Lipinski definition) is 0. The van der Waals surface area contributed by atoms with Crippen LogP contribution in [-0.4, -0.2) is 22.7 Å². The number of hydrogen-bond acceptors (Lipinski definition) is 2. The Hall–Kier alpha value is -0.846. The molecule has 36 heavy (non-hydrogen) atoms. The molecular weight excluding hydrogens is 473 g/mol. The Balaban J connectivity index is 1.61. The first-order valence-electron chi connectivity index (χ1n) is 14.5. The van der Waals surface area contributed by atoms with E-state index in [9.17, 15) is 0 Å². The van der Waals surface area contributed by atoms with Crippen LogP contribution in [0.2, 0.25) is 36.3 Å². The Labute approximate surface area is 224 Å². The molecule has 0 radical (unpaired) electrons. The van der Waals surface area contributed by atoms with Crippen LogP contribution in [0.15, 0.2) is 30.9 Å². The highest BCUT2D eigenvalue weighted by atomic mass is 28.4. The zero-order valence-corrected chi connectivity index (χ0v) is 27.3. The molecule has 0 unspecified atom stereocenters. The van der Waals surface area contributed by atoms with Gasteiger partial charge in [-0.2, -0.15) is 0 Å². The molecule has 3 aliphatic rings. The van der Waals surface area contributed by atoms with Crippen LogP contribution in [0.25, 0.3) is 0 Å². The summed E-state index contributed by atoms with van der Waals surface area (Å²) in [6.45, 7) is 30.6. The standard InChI is InChI=1S/C32H54O2Si2/c1-13-22-21-32(8)27(18-19-28(32)34-36(11,12)31(5,6)7)26-16-14-23-20-24(15-17-25(23)29(22)26)33-35(9,10)30(2,3)4/h13,15,17,20,22,26-29H,1,14,16,18-19,21H2,2-12H3/t22-,26-,27-,28-,29+,32-/m0/s1. The van der Waals surface area contributed by atoms with Gasteiger partial charge in [0.25, 0.3) is 0 Å². The van der Waals surface area contributed by atoms with Gasteiger partial charge in [-0.3, -0.25) is 0 Å². The third kappa shape index (κ3) is 4.73. The Morgan fingerprint density at radius 1 is 0.944 bits per heavy atom. The minimum atomic E-state index is -1.84. The lowest BCUT2D eigenvalue weighted by atomic mass is 9.52.